The highest BCUT2D eigenvalue weighted by molar-refractivity contribution is 7.99. The number of thioether (sulfide) groups is 1. The molecule has 0 radical (unpaired) electrons. The fraction of sp³-hybridized carbons (Fsp3) is 0.263. The summed E-state index contributed by atoms with van der Waals surface area (Å²) in [5, 5.41) is 15.1. The van der Waals surface area contributed by atoms with E-state index in [9.17, 15) is 4.79 Å². The molecular formula is C19H21N5O4S. The molecule has 0 spiro atoms. The molecule has 0 atom stereocenters. The van der Waals surface area contributed by atoms with Gasteiger partial charge in [0.15, 0.2) is 0 Å². The van der Waals surface area contributed by atoms with Gasteiger partial charge in [0.05, 0.1) is 32.3 Å². The van der Waals surface area contributed by atoms with Crippen molar-refractivity contribution in [3.05, 3.63) is 42.5 Å². The van der Waals surface area contributed by atoms with Gasteiger partial charge in [-0.15, -0.1) is 5.10 Å². The monoisotopic (exact) mass is 415 g/mol. The van der Waals surface area contributed by atoms with Crippen LogP contribution in [0, 0.1) is 0 Å². The van der Waals surface area contributed by atoms with E-state index in [0.29, 0.717) is 40.4 Å². The van der Waals surface area contributed by atoms with Gasteiger partial charge >= 0.3 is 0 Å². The zero-order valence-electron chi connectivity index (χ0n) is 16.3. The minimum atomic E-state index is -0.217. The molecular weight excluding hydrogens is 394 g/mol. The van der Waals surface area contributed by atoms with Crippen LogP contribution in [0.25, 0.3) is 5.69 Å². The van der Waals surface area contributed by atoms with E-state index < -0.39 is 0 Å². The Balaban J connectivity index is 1.69. The fourth-order valence-electron chi connectivity index (χ4n) is 2.55. The lowest BCUT2D eigenvalue weighted by Crippen LogP contribution is -2.15. The van der Waals surface area contributed by atoms with E-state index in [1.54, 1.807) is 30.0 Å². The number of rotatable bonds is 9. The SMILES string of the molecule is CCOc1ccccc1-n1nnnc1SCC(=O)Nc1ccc(OC)cc1OC. The van der Waals surface area contributed by atoms with E-state index >= 15 is 0 Å². The summed E-state index contributed by atoms with van der Waals surface area (Å²) in [5.41, 5.74) is 1.26. The molecule has 10 heteroatoms. The lowest BCUT2D eigenvalue weighted by molar-refractivity contribution is -0.113. The molecule has 1 amide bonds. The van der Waals surface area contributed by atoms with Crippen molar-refractivity contribution in [3.8, 4) is 22.9 Å². The first-order valence-electron chi connectivity index (χ1n) is 8.81. The summed E-state index contributed by atoms with van der Waals surface area (Å²) in [5.74, 6) is 1.72. The first-order chi connectivity index (χ1) is 14.2. The number of carbonyl (C=O) groups excluding carboxylic acids is 1. The molecule has 0 fully saturated rings. The van der Waals surface area contributed by atoms with Crippen LogP contribution in [0.1, 0.15) is 6.92 Å². The van der Waals surface area contributed by atoms with E-state index in [2.05, 4.69) is 20.8 Å². The standard InChI is InChI=1S/C19H21N5O4S/c1-4-28-16-8-6-5-7-15(16)24-19(21-22-23-24)29-12-18(25)20-14-10-9-13(26-2)11-17(14)27-3/h5-11H,4,12H2,1-3H3,(H,20,25). The summed E-state index contributed by atoms with van der Waals surface area (Å²) >= 11 is 1.22. The first kappa shape index (κ1) is 20.5. The molecule has 1 aromatic heterocycles. The van der Waals surface area contributed by atoms with Crippen molar-refractivity contribution in [1.29, 1.82) is 0 Å². The van der Waals surface area contributed by atoms with Gasteiger partial charge in [-0.1, -0.05) is 23.9 Å². The molecule has 1 heterocycles. The summed E-state index contributed by atoms with van der Waals surface area (Å²) in [4.78, 5) is 12.4. The molecule has 152 valence electrons. The number of ether oxygens (including phenoxy) is 3. The number of nitrogens with one attached hydrogen (secondary N) is 1. The Bertz CT molecular complexity index is 979. The van der Waals surface area contributed by atoms with E-state index in [0.717, 1.165) is 0 Å². The van der Waals surface area contributed by atoms with Crippen LogP contribution in [-0.2, 0) is 4.79 Å². The third-order valence-corrected chi connectivity index (χ3v) is 4.77. The summed E-state index contributed by atoms with van der Waals surface area (Å²) in [7, 11) is 3.10. The molecule has 9 nitrogen and oxygen atoms in total. The predicted molar refractivity (Wildman–Crippen MR) is 109 cm³/mol. The quantitative estimate of drug-likeness (QED) is 0.533. The van der Waals surface area contributed by atoms with E-state index in [-0.39, 0.29) is 11.7 Å². The number of amides is 1. The van der Waals surface area contributed by atoms with E-state index in [1.807, 2.05) is 31.2 Å². The van der Waals surface area contributed by atoms with Crippen molar-refractivity contribution in [2.45, 2.75) is 12.1 Å². The van der Waals surface area contributed by atoms with Gasteiger partial charge in [-0.2, -0.15) is 4.68 Å². The van der Waals surface area contributed by atoms with E-state index in [4.69, 9.17) is 14.2 Å². The first-order valence-corrected chi connectivity index (χ1v) is 9.80. The van der Waals surface area contributed by atoms with Crippen LogP contribution >= 0.6 is 11.8 Å². The van der Waals surface area contributed by atoms with Gasteiger partial charge in [-0.25, -0.2) is 0 Å². The average Bonchev–Trinajstić information content (AvgIpc) is 3.21. The van der Waals surface area contributed by atoms with Gasteiger partial charge in [-0.3, -0.25) is 4.79 Å². The van der Waals surface area contributed by atoms with Crippen molar-refractivity contribution in [3.63, 3.8) is 0 Å². The third kappa shape index (κ3) is 4.96. The summed E-state index contributed by atoms with van der Waals surface area (Å²) in [6.07, 6.45) is 0. The second kappa shape index (κ2) is 9.78. The Kier molecular flexibility index (Phi) is 6.90. The van der Waals surface area contributed by atoms with Crippen molar-refractivity contribution in [1.82, 2.24) is 20.2 Å². The highest BCUT2D eigenvalue weighted by Gasteiger charge is 2.16. The summed E-state index contributed by atoms with van der Waals surface area (Å²) in [6.45, 7) is 2.43. The Morgan fingerprint density at radius 3 is 2.72 bits per heavy atom. The second-order valence-corrected chi connectivity index (χ2v) is 6.62. The summed E-state index contributed by atoms with van der Waals surface area (Å²) in [6, 6.07) is 12.6. The molecule has 0 aliphatic rings. The Hall–Kier alpha value is -3.27. The number of benzene rings is 2. The molecule has 0 bridgehead atoms. The van der Waals surface area contributed by atoms with Gasteiger partial charge in [0, 0.05) is 6.07 Å². The van der Waals surface area contributed by atoms with Crippen LogP contribution in [-0.4, -0.2) is 52.7 Å². The maximum Gasteiger partial charge on any atom is 0.234 e. The Labute approximate surface area is 172 Å². The van der Waals surface area contributed by atoms with Gasteiger partial charge in [0.1, 0.15) is 22.9 Å². The topological polar surface area (TPSA) is 100 Å². The van der Waals surface area contributed by atoms with Gasteiger partial charge < -0.3 is 19.5 Å². The molecule has 3 aromatic rings. The average molecular weight is 415 g/mol. The number of aromatic nitrogens is 4. The Morgan fingerprint density at radius 1 is 1.14 bits per heavy atom. The smallest absolute Gasteiger partial charge is 0.234 e. The number of hydrogen-bond acceptors (Lipinski definition) is 8. The van der Waals surface area contributed by atoms with Crippen LogP contribution < -0.4 is 19.5 Å². The number of tetrazole rings is 1. The number of hydrogen-bond donors (Lipinski definition) is 1. The van der Waals surface area contributed by atoms with Crippen LogP contribution in [0.15, 0.2) is 47.6 Å². The second-order valence-electron chi connectivity index (χ2n) is 5.68. The molecule has 29 heavy (non-hydrogen) atoms. The van der Waals surface area contributed by atoms with Crippen molar-refractivity contribution in [2.24, 2.45) is 0 Å². The number of anilines is 1. The largest absolute Gasteiger partial charge is 0.497 e. The lowest BCUT2D eigenvalue weighted by atomic mass is 10.2. The van der Waals surface area contributed by atoms with Crippen LogP contribution in [0.5, 0.6) is 17.2 Å². The molecule has 0 aliphatic carbocycles. The summed E-state index contributed by atoms with van der Waals surface area (Å²) < 4.78 is 17.7. The van der Waals surface area contributed by atoms with Gasteiger partial charge in [-0.05, 0) is 41.6 Å². The van der Waals surface area contributed by atoms with Crippen molar-refractivity contribution >= 4 is 23.4 Å². The molecule has 1 N–H and O–H groups in total. The maximum absolute atomic E-state index is 12.4. The molecule has 2 aromatic carbocycles. The molecule has 0 aliphatic heterocycles. The minimum absolute atomic E-state index is 0.117. The number of para-hydroxylation sites is 2. The van der Waals surface area contributed by atoms with Crippen molar-refractivity contribution in [2.75, 3.05) is 31.9 Å². The highest BCUT2D eigenvalue weighted by Crippen LogP contribution is 2.30. The van der Waals surface area contributed by atoms with Crippen molar-refractivity contribution < 1.29 is 19.0 Å². The van der Waals surface area contributed by atoms with Crippen LogP contribution in [0.4, 0.5) is 5.69 Å². The molecule has 3 rings (SSSR count). The number of carbonyl (C=O) groups is 1. The highest BCUT2D eigenvalue weighted by atomic mass is 32.2. The third-order valence-electron chi connectivity index (χ3n) is 3.85. The fourth-order valence-corrected chi connectivity index (χ4v) is 3.23. The zero-order valence-corrected chi connectivity index (χ0v) is 17.1. The van der Waals surface area contributed by atoms with E-state index in [1.165, 1.54) is 18.9 Å². The van der Waals surface area contributed by atoms with Gasteiger partial charge in [0.25, 0.3) is 0 Å². The molecule has 0 saturated carbocycles. The number of methoxy groups -OCH3 is 2. The molecule has 0 saturated heterocycles. The number of nitrogens with zero attached hydrogens (tertiary/aromatic N) is 4. The predicted octanol–water partition coefficient (Wildman–Crippen LogP) is 2.81. The normalized spacial score (nSPS) is 10.4. The zero-order chi connectivity index (χ0) is 20.6. The Morgan fingerprint density at radius 2 is 1.97 bits per heavy atom. The lowest BCUT2D eigenvalue weighted by Gasteiger charge is -2.12. The molecule has 0 unspecified atom stereocenters. The van der Waals surface area contributed by atoms with Gasteiger partial charge in [0.2, 0.25) is 11.1 Å². The van der Waals surface area contributed by atoms with Crippen LogP contribution in [0.3, 0.4) is 0 Å². The van der Waals surface area contributed by atoms with Crippen LogP contribution in [0.2, 0.25) is 0 Å². The minimum Gasteiger partial charge on any atom is -0.497 e. The maximum atomic E-state index is 12.4.